The lowest BCUT2D eigenvalue weighted by molar-refractivity contribution is -0.129. The third kappa shape index (κ3) is 5.99. The van der Waals surface area contributed by atoms with E-state index in [0.717, 1.165) is 34.4 Å². The van der Waals surface area contributed by atoms with Crippen molar-refractivity contribution in [2.24, 2.45) is 5.92 Å². The van der Waals surface area contributed by atoms with Crippen LogP contribution < -0.4 is 10.6 Å². The molecule has 0 saturated heterocycles. The van der Waals surface area contributed by atoms with E-state index in [0.29, 0.717) is 42.3 Å². The van der Waals surface area contributed by atoms with Crippen LogP contribution in [0.2, 0.25) is 5.15 Å². The Bertz CT molecular complexity index is 1490. The Kier molecular flexibility index (Phi) is 8.11. The average molecular weight is 560 g/mol. The molecule has 2 atom stereocenters. The fraction of sp³-hybridized carbons (Fsp3) is 0.300. The third-order valence-electron chi connectivity index (χ3n) is 7.38. The number of aromatic nitrogens is 2. The topological polar surface area (TPSA) is 114 Å². The molecule has 4 heterocycles. The largest absolute Gasteiger partial charge is 0.453 e. The van der Waals surface area contributed by atoms with E-state index >= 15 is 0 Å². The van der Waals surface area contributed by atoms with Crippen LogP contribution in [0.4, 0.5) is 16.2 Å². The van der Waals surface area contributed by atoms with Gasteiger partial charge < -0.3 is 15.0 Å². The number of fused-ring (bicyclic) bond motifs is 4. The Morgan fingerprint density at radius 2 is 1.88 bits per heavy atom. The highest BCUT2D eigenvalue weighted by molar-refractivity contribution is 6.29. The minimum atomic E-state index is -0.600. The molecule has 0 aliphatic carbocycles. The highest BCUT2D eigenvalue weighted by Crippen LogP contribution is 2.37. The van der Waals surface area contributed by atoms with Gasteiger partial charge in [-0.15, -0.1) is 0 Å². The van der Waals surface area contributed by atoms with E-state index in [1.54, 1.807) is 36.7 Å². The minimum Gasteiger partial charge on any atom is -0.453 e. The number of methoxy groups -OCH3 is 1. The predicted octanol–water partition coefficient (Wildman–Crippen LogP) is 6.09. The van der Waals surface area contributed by atoms with E-state index in [-0.39, 0.29) is 23.8 Å². The lowest BCUT2D eigenvalue weighted by Crippen LogP contribution is -2.38. The number of anilines is 2. The van der Waals surface area contributed by atoms with E-state index in [1.807, 2.05) is 36.1 Å². The molecule has 2 unspecified atom stereocenters. The molecule has 2 bridgehead atoms. The summed E-state index contributed by atoms with van der Waals surface area (Å²) in [6.07, 6.45) is 7.19. The van der Waals surface area contributed by atoms with Gasteiger partial charge in [-0.3, -0.25) is 19.9 Å². The summed E-state index contributed by atoms with van der Waals surface area (Å²) in [7, 11) is 1.29. The van der Waals surface area contributed by atoms with Crippen molar-refractivity contribution in [2.45, 2.75) is 38.6 Å². The van der Waals surface area contributed by atoms with Gasteiger partial charge in [0, 0.05) is 42.2 Å². The highest BCUT2D eigenvalue weighted by Gasteiger charge is 2.30. The SMILES string of the molecule is COC(=O)Nc1ccc2c(c1)NC(=O)C(C)CCCC(N1CCC(c3ccnc(Cl)c3)=CC1=O)c1cc-2ccn1. The van der Waals surface area contributed by atoms with Gasteiger partial charge in [-0.05, 0) is 72.4 Å². The molecule has 1 aromatic carbocycles. The number of rotatable bonds is 3. The second-order valence-electron chi connectivity index (χ2n) is 10.0. The molecular formula is C30H30ClN5O4. The van der Waals surface area contributed by atoms with Gasteiger partial charge >= 0.3 is 6.09 Å². The molecule has 2 aliphatic rings. The maximum atomic E-state index is 13.5. The van der Waals surface area contributed by atoms with Crippen molar-refractivity contribution in [3.8, 4) is 11.1 Å². The van der Waals surface area contributed by atoms with Crippen LogP contribution in [0.1, 0.15) is 49.9 Å². The molecule has 0 spiro atoms. The van der Waals surface area contributed by atoms with Crippen molar-refractivity contribution < 1.29 is 19.1 Å². The molecule has 0 fully saturated rings. The molecule has 10 heteroatoms. The van der Waals surface area contributed by atoms with Crippen molar-refractivity contribution in [3.63, 3.8) is 0 Å². The van der Waals surface area contributed by atoms with Gasteiger partial charge in [0.25, 0.3) is 0 Å². The Balaban J connectivity index is 1.51. The van der Waals surface area contributed by atoms with E-state index in [1.165, 1.54) is 7.11 Å². The number of halogens is 1. The first kappa shape index (κ1) is 27.3. The molecule has 9 nitrogen and oxygen atoms in total. The second kappa shape index (κ2) is 11.9. The van der Waals surface area contributed by atoms with Crippen LogP contribution in [0.25, 0.3) is 16.7 Å². The molecule has 3 aromatic rings. The lowest BCUT2D eigenvalue weighted by atomic mass is 9.93. The first-order valence-corrected chi connectivity index (χ1v) is 13.6. The monoisotopic (exact) mass is 559 g/mol. The van der Waals surface area contributed by atoms with Crippen molar-refractivity contribution >= 4 is 46.5 Å². The lowest BCUT2D eigenvalue weighted by Gasteiger charge is -2.34. The summed E-state index contributed by atoms with van der Waals surface area (Å²) in [6, 6.07) is 12.5. The molecule has 2 aromatic heterocycles. The van der Waals surface area contributed by atoms with Gasteiger partial charge in [0.2, 0.25) is 11.8 Å². The average Bonchev–Trinajstić information content (AvgIpc) is 2.95. The maximum absolute atomic E-state index is 13.5. The summed E-state index contributed by atoms with van der Waals surface area (Å²) >= 11 is 6.08. The van der Waals surface area contributed by atoms with E-state index in [2.05, 4.69) is 15.6 Å². The number of nitrogens with zero attached hydrogens (tertiary/aromatic N) is 3. The normalized spacial score (nSPS) is 19.4. The minimum absolute atomic E-state index is 0.0804. The van der Waals surface area contributed by atoms with E-state index < -0.39 is 6.09 Å². The van der Waals surface area contributed by atoms with Crippen molar-refractivity contribution in [3.05, 3.63) is 77.3 Å². The van der Waals surface area contributed by atoms with Gasteiger partial charge in [-0.2, -0.15) is 0 Å². The van der Waals surface area contributed by atoms with E-state index in [4.69, 9.17) is 21.3 Å². The standard InChI is InChI=1S/C30H30ClN5O4/c1-18-4-3-5-26(36-13-10-20(16-28(36)37)19-8-12-33-27(31)15-19)25-14-21(9-11-32-25)23-7-6-22(34-30(39)40-2)17-24(23)35-29(18)38/h6-9,11-12,14-18,26H,3-5,10,13H2,1-2H3,(H,34,39)(H,35,38). The molecular weight excluding hydrogens is 530 g/mol. The smallest absolute Gasteiger partial charge is 0.411 e. The van der Waals surface area contributed by atoms with Crippen molar-refractivity contribution in [2.75, 3.05) is 24.3 Å². The van der Waals surface area contributed by atoms with Crippen LogP contribution in [-0.2, 0) is 14.3 Å². The number of amides is 3. The second-order valence-corrected chi connectivity index (χ2v) is 10.4. The number of ether oxygens (including phenoxy) is 1. The van der Waals surface area contributed by atoms with Crippen LogP contribution in [-0.4, -0.2) is 46.4 Å². The van der Waals surface area contributed by atoms with Crippen LogP contribution >= 0.6 is 11.6 Å². The quantitative estimate of drug-likeness (QED) is 0.375. The summed E-state index contributed by atoms with van der Waals surface area (Å²) < 4.78 is 4.71. The summed E-state index contributed by atoms with van der Waals surface area (Å²) in [5.41, 5.74) is 5.29. The number of carbonyl (C=O) groups excluding carboxylic acids is 3. The number of benzene rings is 1. The van der Waals surface area contributed by atoms with Crippen LogP contribution in [0, 0.1) is 5.92 Å². The highest BCUT2D eigenvalue weighted by atomic mass is 35.5. The number of pyridine rings is 2. The fourth-order valence-electron chi connectivity index (χ4n) is 5.21. The molecule has 0 radical (unpaired) electrons. The number of hydrogen-bond donors (Lipinski definition) is 2. The Morgan fingerprint density at radius 3 is 2.65 bits per heavy atom. The summed E-state index contributed by atoms with van der Waals surface area (Å²) in [5, 5.41) is 6.08. The number of hydrogen-bond acceptors (Lipinski definition) is 6. The molecule has 40 heavy (non-hydrogen) atoms. The van der Waals surface area contributed by atoms with E-state index in [9.17, 15) is 14.4 Å². The molecule has 3 amide bonds. The van der Waals surface area contributed by atoms with Gasteiger partial charge in [-0.1, -0.05) is 31.0 Å². The number of carbonyl (C=O) groups is 3. The van der Waals surface area contributed by atoms with Crippen molar-refractivity contribution in [1.82, 2.24) is 14.9 Å². The summed E-state index contributed by atoms with van der Waals surface area (Å²) in [4.78, 5) is 48.9. The molecule has 0 saturated carbocycles. The molecule has 2 aliphatic heterocycles. The molecule has 206 valence electrons. The molecule has 5 rings (SSSR count). The van der Waals surface area contributed by atoms with Crippen molar-refractivity contribution in [1.29, 1.82) is 0 Å². The zero-order valence-corrected chi connectivity index (χ0v) is 23.1. The zero-order valence-electron chi connectivity index (χ0n) is 22.3. The summed E-state index contributed by atoms with van der Waals surface area (Å²) in [6.45, 7) is 2.43. The van der Waals surface area contributed by atoms with Crippen LogP contribution in [0.3, 0.4) is 0 Å². The number of nitrogens with one attached hydrogen (secondary N) is 2. The first-order valence-electron chi connectivity index (χ1n) is 13.2. The molecule has 2 N–H and O–H groups in total. The van der Waals surface area contributed by atoms with Gasteiger partial charge in [-0.25, -0.2) is 9.78 Å². The first-order chi connectivity index (χ1) is 19.3. The zero-order chi connectivity index (χ0) is 28.2. The van der Waals surface area contributed by atoms with Crippen LogP contribution in [0.15, 0.2) is 60.9 Å². The van der Waals surface area contributed by atoms with Gasteiger partial charge in [0.15, 0.2) is 0 Å². The fourth-order valence-corrected chi connectivity index (χ4v) is 5.38. The Morgan fingerprint density at radius 1 is 1.07 bits per heavy atom. The Hall–Kier alpha value is -4.24. The Labute approximate surface area is 237 Å². The van der Waals surface area contributed by atoms with Gasteiger partial charge in [0.05, 0.1) is 24.5 Å². The van der Waals surface area contributed by atoms with Gasteiger partial charge in [0.1, 0.15) is 5.15 Å². The predicted molar refractivity (Wildman–Crippen MR) is 154 cm³/mol. The third-order valence-corrected chi connectivity index (χ3v) is 7.59. The maximum Gasteiger partial charge on any atom is 0.411 e. The summed E-state index contributed by atoms with van der Waals surface area (Å²) in [5.74, 6) is -0.444. The van der Waals surface area contributed by atoms with Crippen LogP contribution in [0.5, 0.6) is 0 Å².